The van der Waals surface area contributed by atoms with Crippen LogP contribution in [-0.4, -0.2) is 31.7 Å². The molecule has 2 aromatic carbocycles. The molecule has 1 unspecified atom stereocenters. The van der Waals surface area contributed by atoms with Gasteiger partial charge in [-0.3, -0.25) is 4.79 Å². The average molecular weight is 433 g/mol. The number of hydrogen-bond acceptors (Lipinski definition) is 3. The van der Waals surface area contributed by atoms with Gasteiger partial charge in [0.15, 0.2) is 0 Å². The Morgan fingerprint density at radius 3 is 2.47 bits per heavy atom. The third-order valence-corrected chi connectivity index (χ3v) is 7.59. The fourth-order valence-corrected chi connectivity index (χ4v) is 5.60. The molecule has 0 bridgehead atoms. The molecule has 0 radical (unpaired) electrons. The minimum Gasteiger partial charge on any atom is -0.349 e. The normalized spacial score (nSPS) is 16.9. The Morgan fingerprint density at radius 2 is 1.83 bits per heavy atom. The van der Waals surface area contributed by atoms with Crippen LogP contribution in [-0.2, 0) is 20.6 Å². The summed E-state index contributed by atoms with van der Waals surface area (Å²) in [5.74, 6) is -1.15. The van der Waals surface area contributed by atoms with Crippen molar-refractivity contribution in [2.75, 3.05) is 13.1 Å². The number of aryl methyl sites for hydroxylation is 2. The fourth-order valence-electron chi connectivity index (χ4n) is 4.02. The zero-order chi connectivity index (χ0) is 21.9. The number of amides is 1. The Bertz CT molecular complexity index is 1010. The lowest BCUT2D eigenvalue weighted by Crippen LogP contribution is -2.43. The molecule has 1 fully saturated rings. The van der Waals surface area contributed by atoms with Crippen molar-refractivity contribution in [3.63, 3.8) is 0 Å². The highest BCUT2D eigenvalue weighted by atomic mass is 32.2. The van der Waals surface area contributed by atoms with Crippen molar-refractivity contribution in [1.82, 2.24) is 9.62 Å². The monoisotopic (exact) mass is 432 g/mol. The first-order valence-corrected chi connectivity index (χ1v) is 11.9. The highest BCUT2D eigenvalue weighted by Crippen LogP contribution is 2.24. The molecule has 1 saturated heterocycles. The molecular formula is C23H29FN2O3S. The maximum atomic E-state index is 13.8. The molecule has 1 N–H and O–H groups in total. The summed E-state index contributed by atoms with van der Waals surface area (Å²) >= 11 is 0. The van der Waals surface area contributed by atoms with E-state index in [1.165, 1.54) is 28.1 Å². The van der Waals surface area contributed by atoms with E-state index in [2.05, 4.69) is 11.4 Å². The number of carbonyl (C=O) groups excluding carboxylic acids is 1. The summed E-state index contributed by atoms with van der Waals surface area (Å²) in [4.78, 5) is 12.7. The molecule has 1 amide bonds. The van der Waals surface area contributed by atoms with Gasteiger partial charge in [0.1, 0.15) is 5.82 Å². The number of carbonyl (C=O) groups is 1. The topological polar surface area (TPSA) is 66.5 Å². The molecule has 7 heteroatoms. The second-order valence-corrected chi connectivity index (χ2v) is 10.1. The summed E-state index contributed by atoms with van der Waals surface area (Å²) < 4.78 is 40.5. The van der Waals surface area contributed by atoms with Crippen LogP contribution in [0, 0.1) is 25.6 Å². The lowest BCUT2D eigenvalue weighted by molar-refractivity contribution is -0.126. The quantitative estimate of drug-likeness (QED) is 0.754. The standard InChI is InChI=1S/C23H29FN2O3S/c1-16-8-9-21(17(2)14-16)18(3)25-23(27)19-10-12-26(13-11-19)30(28,29)15-20-6-4-5-7-22(20)24/h4-9,14,18-19H,10-13,15H2,1-3H3,(H,25,27). The van der Waals surface area contributed by atoms with Crippen molar-refractivity contribution in [3.05, 3.63) is 70.5 Å². The van der Waals surface area contributed by atoms with Crippen LogP contribution in [0.2, 0.25) is 0 Å². The van der Waals surface area contributed by atoms with Gasteiger partial charge in [0.25, 0.3) is 0 Å². The summed E-state index contributed by atoms with van der Waals surface area (Å²) in [6.07, 6.45) is 0.921. The first-order chi connectivity index (χ1) is 14.2. The van der Waals surface area contributed by atoms with Gasteiger partial charge in [-0.1, -0.05) is 42.0 Å². The molecular weight excluding hydrogens is 403 g/mol. The lowest BCUT2D eigenvalue weighted by Gasteiger charge is -2.31. The van der Waals surface area contributed by atoms with Crippen LogP contribution in [0.4, 0.5) is 4.39 Å². The van der Waals surface area contributed by atoms with E-state index >= 15 is 0 Å². The molecule has 162 valence electrons. The molecule has 1 aliphatic heterocycles. The SMILES string of the molecule is Cc1ccc(C(C)NC(=O)C2CCN(S(=O)(=O)Cc3ccccc3F)CC2)c(C)c1. The summed E-state index contributed by atoms with van der Waals surface area (Å²) in [7, 11) is -3.62. The molecule has 1 atom stereocenters. The van der Waals surface area contributed by atoms with Crippen LogP contribution in [0.1, 0.15) is 48.1 Å². The number of sulfonamides is 1. The molecule has 3 rings (SSSR count). The third kappa shape index (κ3) is 5.26. The summed E-state index contributed by atoms with van der Waals surface area (Å²) in [6, 6.07) is 12.0. The molecule has 0 saturated carbocycles. The van der Waals surface area contributed by atoms with Gasteiger partial charge < -0.3 is 5.32 Å². The van der Waals surface area contributed by atoms with Crippen LogP contribution in [0.5, 0.6) is 0 Å². The number of nitrogens with zero attached hydrogens (tertiary/aromatic N) is 1. The van der Waals surface area contributed by atoms with E-state index in [1.54, 1.807) is 6.07 Å². The molecule has 1 heterocycles. The molecule has 0 aromatic heterocycles. The van der Waals surface area contributed by atoms with Crippen LogP contribution in [0.3, 0.4) is 0 Å². The van der Waals surface area contributed by atoms with Crippen molar-refractivity contribution >= 4 is 15.9 Å². The maximum absolute atomic E-state index is 13.8. The molecule has 30 heavy (non-hydrogen) atoms. The van der Waals surface area contributed by atoms with E-state index in [9.17, 15) is 17.6 Å². The van der Waals surface area contributed by atoms with Gasteiger partial charge in [-0.2, -0.15) is 0 Å². The largest absolute Gasteiger partial charge is 0.349 e. The van der Waals surface area contributed by atoms with E-state index in [4.69, 9.17) is 0 Å². The predicted octanol–water partition coefficient (Wildman–Crippen LogP) is 3.86. The molecule has 1 aliphatic rings. The Labute approximate surface area is 178 Å². The van der Waals surface area contributed by atoms with Crippen molar-refractivity contribution in [3.8, 4) is 0 Å². The predicted molar refractivity (Wildman–Crippen MR) is 116 cm³/mol. The van der Waals surface area contributed by atoms with Crippen LogP contribution < -0.4 is 5.32 Å². The molecule has 0 spiro atoms. The average Bonchev–Trinajstić information content (AvgIpc) is 2.69. The third-order valence-electron chi connectivity index (χ3n) is 5.76. The van der Waals surface area contributed by atoms with Gasteiger partial charge in [-0.25, -0.2) is 17.1 Å². The lowest BCUT2D eigenvalue weighted by atomic mass is 9.95. The van der Waals surface area contributed by atoms with Crippen LogP contribution >= 0.6 is 0 Å². The number of nitrogens with one attached hydrogen (secondary N) is 1. The highest BCUT2D eigenvalue weighted by Gasteiger charge is 2.32. The van der Waals surface area contributed by atoms with Crippen molar-refractivity contribution in [2.45, 2.75) is 45.4 Å². The van der Waals surface area contributed by atoms with Gasteiger partial charge in [-0.15, -0.1) is 0 Å². The van der Waals surface area contributed by atoms with Crippen molar-refractivity contribution in [2.24, 2.45) is 5.92 Å². The van der Waals surface area contributed by atoms with Gasteiger partial charge in [0, 0.05) is 24.6 Å². The molecule has 5 nitrogen and oxygen atoms in total. The summed E-state index contributed by atoms with van der Waals surface area (Å²) in [5, 5.41) is 3.07. The zero-order valence-corrected chi connectivity index (χ0v) is 18.5. The van der Waals surface area contributed by atoms with Gasteiger partial charge >= 0.3 is 0 Å². The second kappa shape index (κ2) is 9.27. The minimum atomic E-state index is -3.62. The number of hydrogen-bond donors (Lipinski definition) is 1. The smallest absolute Gasteiger partial charge is 0.223 e. The summed E-state index contributed by atoms with van der Waals surface area (Å²) in [5.41, 5.74) is 3.56. The number of halogens is 1. The van der Waals surface area contributed by atoms with E-state index in [-0.39, 0.29) is 42.3 Å². The van der Waals surface area contributed by atoms with E-state index in [0.29, 0.717) is 12.8 Å². The van der Waals surface area contributed by atoms with Crippen LogP contribution in [0.15, 0.2) is 42.5 Å². The van der Waals surface area contributed by atoms with E-state index < -0.39 is 15.8 Å². The number of benzene rings is 2. The Balaban J connectivity index is 1.56. The highest BCUT2D eigenvalue weighted by molar-refractivity contribution is 7.88. The Hall–Kier alpha value is -2.25. The molecule has 2 aromatic rings. The van der Waals surface area contributed by atoms with Gasteiger partial charge in [0.05, 0.1) is 11.8 Å². The van der Waals surface area contributed by atoms with E-state index in [0.717, 1.165) is 11.1 Å². The number of rotatable bonds is 6. The first-order valence-electron chi connectivity index (χ1n) is 10.3. The Kier molecular flexibility index (Phi) is 6.93. The minimum absolute atomic E-state index is 0.0476. The first kappa shape index (κ1) is 22.4. The summed E-state index contributed by atoms with van der Waals surface area (Å²) in [6.45, 7) is 6.57. The van der Waals surface area contributed by atoms with Crippen molar-refractivity contribution < 1.29 is 17.6 Å². The van der Waals surface area contributed by atoms with Gasteiger partial charge in [-0.05, 0) is 50.8 Å². The maximum Gasteiger partial charge on any atom is 0.223 e. The molecule has 0 aliphatic carbocycles. The van der Waals surface area contributed by atoms with Gasteiger partial charge in [0.2, 0.25) is 15.9 Å². The second-order valence-electron chi connectivity index (χ2n) is 8.11. The van der Waals surface area contributed by atoms with Crippen LogP contribution in [0.25, 0.3) is 0 Å². The van der Waals surface area contributed by atoms with Crippen molar-refractivity contribution in [1.29, 1.82) is 0 Å². The van der Waals surface area contributed by atoms with E-state index in [1.807, 2.05) is 32.9 Å². The Morgan fingerprint density at radius 1 is 1.17 bits per heavy atom. The fraction of sp³-hybridized carbons (Fsp3) is 0.435. The number of piperidine rings is 1. The zero-order valence-electron chi connectivity index (χ0n) is 17.7.